The van der Waals surface area contributed by atoms with E-state index in [-0.39, 0.29) is 5.82 Å². The van der Waals surface area contributed by atoms with Gasteiger partial charge >= 0.3 is 0 Å². The van der Waals surface area contributed by atoms with Crippen LogP contribution < -0.4 is 4.74 Å². The van der Waals surface area contributed by atoms with Gasteiger partial charge in [-0.05, 0) is 24.6 Å². The molecule has 0 unspecified atom stereocenters. The largest absolute Gasteiger partial charge is 0.470 e. The van der Waals surface area contributed by atoms with Crippen molar-refractivity contribution in [2.45, 2.75) is 19.8 Å². The van der Waals surface area contributed by atoms with Crippen molar-refractivity contribution >= 4 is 21.6 Å². The minimum atomic E-state index is -0.230. The third-order valence-electron chi connectivity index (χ3n) is 2.05. The third-order valence-corrected chi connectivity index (χ3v) is 2.98. The number of hydrogen-bond donors (Lipinski definition) is 0. The van der Waals surface area contributed by atoms with Gasteiger partial charge in [0.2, 0.25) is 0 Å². The van der Waals surface area contributed by atoms with Gasteiger partial charge in [0.05, 0.1) is 16.8 Å². The first-order chi connectivity index (χ1) is 7.29. The van der Waals surface area contributed by atoms with Gasteiger partial charge < -0.3 is 4.74 Å². The summed E-state index contributed by atoms with van der Waals surface area (Å²) < 4.78 is 19.2. The summed E-state index contributed by atoms with van der Waals surface area (Å²) in [5.41, 5.74) is 0.799. The van der Waals surface area contributed by atoms with Gasteiger partial charge in [0, 0.05) is 0 Å². The number of rotatable bonds is 4. The predicted molar refractivity (Wildman–Crippen MR) is 60.0 cm³/mol. The van der Waals surface area contributed by atoms with Crippen LogP contribution in [0.2, 0.25) is 0 Å². The summed E-state index contributed by atoms with van der Waals surface area (Å²) in [7, 11) is 0. The summed E-state index contributed by atoms with van der Waals surface area (Å²) in [6.45, 7) is 2.79. The zero-order valence-corrected chi connectivity index (χ0v) is 9.31. The van der Waals surface area contributed by atoms with E-state index in [1.807, 2.05) is 0 Å². The molecule has 15 heavy (non-hydrogen) atoms. The SMILES string of the molecule is CCCCOc1nc2ccc(F)cc2s1. The second kappa shape index (κ2) is 4.57. The smallest absolute Gasteiger partial charge is 0.274 e. The molecule has 0 saturated heterocycles. The Kier molecular flexibility index (Phi) is 3.16. The van der Waals surface area contributed by atoms with Crippen LogP contribution in [0.5, 0.6) is 5.19 Å². The van der Waals surface area contributed by atoms with E-state index in [9.17, 15) is 4.39 Å². The molecular formula is C11H12FNOS. The lowest BCUT2D eigenvalue weighted by molar-refractivity contribution is 0.308. The summed E-state index contributed by atoms with van der Waals surface area (Å²) in [4.78, 5) is 4.26. The molecule has 0 aliphatic carbocycles. The van der Waals surface area contributed by atoms with Gasteiger partial charge in [-0.25, -0.2) is 9.37 Å². The Morgan fingerprint density at radius 3 is 3.13 bits per heavy atom. The molecule has 0 atom stereocenters. The lowest BCUT2D eigenvalue weighted by atomic mass is 10.3. The molecule has 1 heterocycles. The maximum Gasteiger partial charge on any atom is 0.274 e. The van der Waals surface area contributed by atoms with Gasteiger partial charge in [0.15, 0.2) is 0 Å². The Balaban J connectivity index is 2.16. The molecule has 1 aromatic heterocycles. The van der Waals surface area contributed by atoms with E-state index < -0.39 is 0 Å². The first-order valence-electron chi connectivity index (χ1n) is 4.98. The average molecular weight is 225 g/mol. The molecule has 0 aliphatic rings. The standard InChI is InChI=1S/C11H12FNOS/c1-2-3-6-14-11-13-9-5-4-8(12)7-10(9)15-11/h4-5,7H,2-3,6H2,1H3. The molecule has 0 amide bonds. The molecule has 2 rings (SSSR count). The molecule has 0 radical (unpaired) electrons. The van der Waals surface area contributed by atoms with Crippen LogP contribution in [0.1, 0.15) is 19.8 Å². The molecule has 0 saturated carbocycles. The number of halogens is 1. The van der Waals surface area contributed by atoms with Crippen LogP contribution in [-0.2, 0) is 0 Å². The molecule has 0 N–H and O–H groups in total. The van der Waals surface area contributed by atoms with Crippen LogP contribution in [0, 0.1) is 5.82 Å². The van der Waals surface area contributed by atoms with Crippen molar-refractivity contribution in [1.29, 1.82) is 0 Å². The molecule has 2 nitrogen and oxygen atoms in total. The first kappa shape index (κ1) is 10.4. The molecule has 2 aromatic rings. The van der Waals surface area contributed by atoms with Crippen LogP contribution in [-0.4, -0.2) is 11.6 Å². The van der Waals surface area contributed by atoms with Gasteiger partial charge in [0.1, 0.15) is 5.82 Å². The summed E-state index contributed by atoms with van der Waals surface area (Å²) in [5, 5.41) is 0.629. The molecule has 0 fully saturated rings. The molecule has 1 aromatic carbocycles. The van der Waals surface area contributed by atoms with Crippen molar-refractivity contribution in [3.8, 4) is 5.19 Å². The summed E-state index contributed by atoms with van der Waals surface area (Å²) in [6, 6.07) is 4.57. The van der Waals surface area contributed by atoms with Crippen molar-refractivity contribution in [3.63, 3.8) is 0 Å². The normalized spacial score (nSPS) is 10.8. The number of ether oxygens (including phenoxy) is 1. The van der Waals surface area contributed by atoms with Crippen LogP contribution >= 0.6 is 11.3 Å². The molecular weight excluding hydrogens is 213 g/mol. The van der Waals surface area contributed by atoms with Crippen LogP contribution in [0.15, 0.2) is 18.2 Å². The second-order valence-electron chi connectivity index (χ2n) is 3.29. The van der Waals surface area contributed by atoms with E-state index in [0.717, 1.165) is 23.1 Å². The highest BCUT2D eigenvalue weighted by Crippen LogP contribution is 2.28. The second-order valence-corrected chi connectivity index (χ2v) is 4.29. The summed E-state index contributed by atoms with van der Waals surface area (Å²) >= 11 is 1.39. The summed E-state index contributed by atoms with van der Waals surface area (Å²) in [5.74, 6) is -0.230. The zero-order valence-electron chi connectivity index (χ0n) is 8.50. The van der Waals surface area contributed by atoms with Crippen molar-refractivity contribution in [1.82, 2.24) is 4.98 Å². The average Bonchev–Trinajstić information content (AvgIpc) is 2.60. The topological polar surface area (TPSA) is 22.1 Å². The molecule has 0 spiro atoms. The molecule has 80 valence electrons. The predicted octanol–water partition coefficient (Wildman–Crippen LogP) is 3.61. The lowest BCUT2D eigenvalue weighted by Crippen LogP contribution is -1.95. The monoisotopic (exact) mass is 225 g/mol. The van der Waals surface area contributed by atoms with Crippen LogP contribution in [0.25, 0.3) is 10.2 Å². The number of thiazole rings is 1. The van der Waals surface area contributed by atoms with Crippen molar-refractivity contribution in [2.75, 3.05) is 6.61 Å². The lowest BCUT2D eigenvalue weighted by Gasteiger charge is -1.98. The number of benzene rings is 1. The highest BCUT2D eigenvalue weighted by molar-refractivity contribution is 7.20. The Bertz CT molecular complexity index is 455. The van der Waals surface area contributed by atoms with Crippen molar-refractivity contribution in [2.24, 2.45) is 0 Å². The minimum absolute atomic E-state index is 0.230. The fourth-order valence-corrected chi connectivity index (χ4v) is 2.11. The van der Waals surface area contributed by atoms with Gasteiger partial charge in [-0.15, -0.1) is 0 Å². The van der Waals surface area contributed by atoms with Gasteiger partial charge in [-0.1, -0.05) is 24.7 Å². The minimum Gasteiger partial charge on any atom is -0.470 e. The fourth-order valence-electron chi connectivity index (χ4n) is 1.24. The van der Waals surface area contributed by atoms with E-state index in [4.69, 9.17) is 4.74 Å². The molecule has 0 aliphatic heterocycles. The van der Waals surface area contributed by atoms with E-state index in [1.165, 1.54) is 23.5 Å². The van der Waals surface area contributed by atoms with Crippen LogP contribution in [0.4, 0.5) is 4.39 Å². The number of unbranched alkanes of at least 4 members (excludes halogenated alkanes) is 1. The number of hydrogen-bond acceptors (Lipinski definition) is 3. The third kappa shape index (κ3) is 2.45. The maximum absolute atomic E-state index is 12.9. The first-order valence-corrected chi connectivity index (χ1v) is 5.80. The molecule has 4 heteroatoms. The van der Waals surface area contributed by atoms with Gasteiger partial charge in [0.25, 0.3) is 5.19 Å². The Hall–Kier alpha value is -1.16. The van der Waals surface area contributed by atoms with Gasteiger partial charge in [-0.3, -0.25) is 0 Å². The Labute approximate surface area is 91.7 Å². The highest BCUT2D eigenvalue weighted by atomic mass is 32.1. The van der Waals surface area contributed by atoms with E-state index in [1.54, 1.807) is 6.07 Å². The quantitative estimate of drug-likeness (QED) is 0.741. The number of nitrogens with zero attached hydrogens (tertiary/aromatic N) is 1. The van der Waals surface area contributed by atoms with Crippen molar-refractivity contribution < 1.29 is 9.13 Å². The van der Waals surface area contributed by atoms with Crippen LogP contribution in [0.3, 0.4) is 0 Å². The van der Waals surface area contributed by atoms with Crippen molar-refractivity contribution in [3.05, 3.63) is 24.0 Å². The zero-order chi connectivity index (χ0) is 10.7. The number of fused-ring (bicyclic) bond motifs is 1. The number of aromatic nitrogens is 1. The Morgan fingerprint density at radius 1 is 1.47 bits per heavy atom. The van der Waals surface area contributed by atoms with E-state index >= 15 is 0 Å². The molecule has 0 bridgehead atoms. The Morgan fingerprint density at radius 2 is 2.33 bits per heavy atom. The van der Waals surface area contributed by atoms with Gasteiger partial charge in [-0.2, -0.15) is 0 Å². The van der Waals surface area contributed by atoms with E-state index in [0.29, 0.717) is 11.8 Å². The fraction of sp³-hybridized carbons (Fsp3) is 0.364. The van der Waals surface area contributed by atoms with E-state index in [2.05, 4.69) is 11.9 Å². The maximum atomic E-state index is 12.9. The highest BCUT2D eigenvalue weighted by Gasteiger charge is 2.05. The summed E-state index contributed by atoms with van der Waals surface area (Å²) in [6.07, 6.45) is 2.11.